The number of anilines is 1. The lowest BCUT2D eigenvalue weighted by atomic mass is 10.0. The number of piperazine rings is 1. The second-order valence-electron chi connectivity index (χ2n) is 9.04. The summed E-state index contributed by atoms with van der Waals surface area (Å²) in [6.07, 6.45) is 1.85. The third-order valence-electron chi connectivity index (χ3n) is 6.75. The molecule has 1 aromatic heterocycles. The SMILES string of the molecule is CCC(CC)COC(=O)C(C#N)c1nc2ccccc2nc1N1CCN(Cc2ccccc2)CC1. The number of fused-ring (bicyclic) bond motifs is 1. The van der Waals surface area contributed by atoms with Crippen molar-refractivity contribution in [3.8, 4) is 6.07 Å². The maximum Gasteiger partial charge on any atom is 0.329 e. The van der Waals surface area contributed by atoms with Gasteiger partial charge in [0.15, 0.2) is 11.7 Å². The van der Waals surface area contributed by atoms with E-state index < -0.39 is 11.9 Å². The second-order valence-corrected chi connectivity index (χ2v) is 9.04. The first kappa shape index (κ1) is 24.6. The fourth-order valence-electron chi connectivity index (χ4n) is 4.42. The van der Waals surface area contributed by atoms with Crippen molar-refractivity contribution in [3.63, 3.8) is 0 Å². The number of ether oxygens (including phenoxy) is 1. The van der Waals surface area contributed by atoms with E-state index in [1.807, 2.05) is 30.3 Å². The standard InChI is InChI=1S/C28H33N5O2/c1-3-21(4-2)20-35-28(34)23(18-29)26-27(31-25-13-9-8-12-24(25)30-26)33-16-14-32(15-17-33)19-22-10-6-5-7-11-22/h5-13,21,23H,3-4,14-17,19-20H2,1-2H3. The van der Waals surface area contributed by atoms with Gasteiger partial charge in [0.1, 0.15) is 5.69 Å². The van der Waals surface area contributed by atoms with Gasteiger partial charge in [-0.2, -0.15) is 5.26 Å². The number of para-hydroxylation sites is 2. The van der Waals surface area contributed by atoms with Crippen molar-refractivity contribution in [2.75, 3.05) is 37.7 Å². The van der Waals surface area contributed by atoms with Crippen molar-refractivity contribution in [3.05, 3.63) is 65.9 Å². The third-order valence-corrected chi connectivity index (χ3v) is 6.75. The Morgan fingerprint density at radius 3 is 2.23 bits per heavy atom. The van der Waals surface area contributed by atoms with Crippen molar-refractivity contribution in [2.24, 2.45) is 5.92 Å². The van der Waals surface area contributed by atoms with Crippen LogP contribution in [0.15, 0.2) is 54.6 Å². The van der Waals surface area contributed by atoms with Gasteiger partial charge in [-0.25, -0.2) is 9.97 Å². The zero-order valence-corrected chi connectivity index (χ0v) is 20.6. The van der Waals surface area contributed by atoms with Crippen LogP contribution >= 0.6 is 0 Å². The quantitative estimate of drug-likeness (QED) is 0.424. The van der Waals surface area contributed by atoms with Crippen LogP contribution in [0.4, 0.5) is 5.82 Å². The molecule has 3 aromatic rings. The highest BCUT2D eigenvalue weighted by Crippen LogP contribution is 2.29. The van der Waals surface area contributed by atoms with Gasteiger partial charge in [0.2, 0.25) is 0 Å². The molecule has 4 rings (SSSR count). The summed E-state index contributed by atoms with van der Waals surface area (Å²) in [5.41, 5.74) is 3.09. The number of nitriles is 1. The molecule has 1 aliphatic heterocycles. The smallest absolute Gasteiger partial charge is 0.329 e. The van der Waals surface area contributed by atoms with E-state index in [9.17, 15) is 10.1 Å². The van der Waals surface area contributed by atoms with Gasteiger partial charge in [0.05, 0.1) is 23.7 Å². The van der Waals surface area contributed by atoms with Gasteiger partial charge in [-0.1, -0.05) is 69.2 Å². The number of benzene rings is 2. The van der Waals surface area contributed by atoms with Gasteiger partial charge in [0.25, 0.3) is 0 Å². The van der Waals surface area contributed by atoms with Gasteiger partial charge < -0.3 is 9.64 Å². The van der Waals surface area contributed by atoms with Gasteiger partial charge in [0, 0.05) is 32.7 Å². The molecule has 35 heavy (non-hydrogen) atoms. The van der Waals surface area contributed by atoms with Crippen LogP contribution < -0.4 is 4.90 Å². The van der Waals surface area contributed by atoms with Crippen molar-refractivity contribution in [1.29, 1.82) is 5.26 Å². The summed E-state index contributed by atoms with van der Waals surface area (Å²) in [4.78, 5) is 27.2. The Morgan fingerprint density at radius 2 is 1.60 bits per heavy atom. The number of nitrogens with zero attached hydrogens (tertiary/aromatic N) is 5. The van der Waals surface area contributed by atoms with Crippen LogP contribution in [0, 0.1) is 17.2 Å². The summed E-state index contributed by atoms with van der Waals surface area (Å²) >= 11 is 0. The zero-order valence-electron chi connectivity index (χ0n) is 20.6. The summed E-state index contributed by atoms with van der Waals surface area (Å²) in [7, 11) is 0. The number of carbonyl (C=O) groups is 1. The predicted molar refractivity (Wildman–Crippen MR) is 137 cm³/mol. The fourth-order valence-corrected chi connectivity index (χ4v) is 4.42. The van der Waals surface area contributed by atoms with E-state index in [0.717, 1.165) is 51.1 Å². The van der Waals surface area contributed by atoms with E-state index in [1.165, 1.54) is 5.56 Å². The molecule has 7 heteroatoms. The van der Waals surface area contributed by atoms with Crippen LogP contribution in [0.5, 0.6) is 0 Å². The predicted octanol–water partition coefficient (Wildman–Crippen LogP) is 4.54. The van der Waals surface area contributed by atoms with Crippen molar-refractivity contribution in [1.82, 2.24) is 14.9 Å². The topological polar surface area (TPSA) is 82.3 Å². The summed E-state index contributed by atoms with van der Waals surface area (Å²) in [5.74, 6) is -0.765. The molecule has 1 unspecified atom stereocenters. The van der Waals surface area contributed by atoms with Crippen LogP contribution in [0.2, 0.25) is 0 Å². The molecular formula is C28H33N5O2. The van der Waals surface area contributed by atoms with E-state index in [0.29, 0.717) is 23.6 Å². The normalized spacial score (nSPS) is 15.2. The number of carbonyl (C=O) groups excluding carboxylic acids is 1. The molecule has 1 aliphatic rings. The molecule has 0 bridgehead atoms. The summed E-state index contributed by atoms with van der Waals surface area (Å²) in [5, 5.41) is 9.99. The van der Waals surface area contributed by atoms with Crippen molar-refractivity contribution >= 4 is 22.8 Å². The summed E-state index contributed by atoms with van der Waals surface area (Å²) in [6.45, 7) is 8.58. The number of rotatable bonds is 9. The van der Waals surface area contributed by atoms with Crippen LogP contribution in [0.25, 0.3) is 11.0 Å². The maximum atomic E-state index is 13.0. The Labute approximate surface area is 207 Å². The van der Waals surface area contributed by atoms with E-state index >= 15 is 0 Å². The minimum absolute atomic E-state index is 0.290. The van der Waals surface area contributed by atoms with Gasteiger partial charge in [-0.05, 0) is 23.6 Å². The van der Waals surface area contributed by atoms with Crippen LogP contribution in [-0.2, 0) is 16.1 Å². The molecule has 7 nitrogen and oxygen atoms in total. The lowest BCUT2D eigenvalue weighted by molar-refractivity contribution is -0.145. The number of hydrogen-bond donors (Lipinski definition) is 0. The lowest BCUT2D eigenvalue weighted by Gasteiger charge is -2.36. The molecule has 0 spiro atoms. The number of esters is 1. The Morgan fingerprint density at radius 1 is 0.971 bits per heavy atom. The Hall–Kier alpha value is -3.50. The number of hydrogen-bond acceptors (Lipinski definition) is 7. The molecule has 1 fully saturated rings. The molecule has 0 radical (unpaired) electrons. The molecule has 0 saturated carbocycles. The minimum atomic E-state index is -1.11. The van der Waals surface area contributed by atoms with Crippen LogP contribution in [0.3, 0.4) is 0 Å². The Kier molecular flexibility index (Phi) is 8.27. The molecule has 182 valence electrons. The first-order valence-corrected chi connectivity index (χ1v) is 12.5. The monoisotopic (exact) mass is 471 g/mol. The van der Waals surface area contributed by atoms with Gasteiger partial charge in [-0.3, -0.25) is 9.69 Å². The maximum absolute atomic E-state index is 13.0. The van der Waals surface area contributed by atoms with Crippen LogP contribution in [0.1, 0.15) is 43.9 Å². The first-order chi connectivity index (χ1) is 17.1. The van der Waals surface area contributed by atoms with E-state index in [1.54, 1.807) is 0 Å². The zero-order chi connectivity index (χ0) is 24.6. The molecule has 1 saturated heterocycles. The Balaban J connectivity index is 1.56. The molecule has 0 amide bonds. The average molecular weight is 472 g/mol. The molecule has 2 heterocycles. The highest BCUT2D eigenvalue weighted by molar-refractivity contribution is 5.85. The average Bonchev–Trinajstić information content (AvgIpc) is 2.90. The highest BCUT2D eigenvalue weighted by Gasteiger charge is 2.31. The molecule has 0 N–H and O–H groups in total. The Bertz CT molecular complexity index is 1160. The van der Waals surface area contributed by atoms with Crippen molar-refractivity contribution < 1.29 is 9.53 Å². The van der Waals surface area contributed by atoms with Crippen LogP contribution in [-0.4, -0.2) is 53.6 Å². The largest absolute Gasteiger partial charge is 0.464 e. The van der Waals surface area contributed by atoms with Crippen molar-refractivity contribution in [2.45, 2.75) is 39.2 Å². The highest BCUT2D eigenvalue weighted by atomic mass is 16.5. The van der Waals surface area contributed by atoms with E-state index in [-0.39, 0.29) is 5.92 Å². The molecule has 2 aromatic carbocycles. The van der Waals surface area contributed by atoms with E-state index in [4.69, 9.17) is 14.7 Å². The van der Waals surface area contributed by atoms with E-state index in [2.05, 4.69) is 54.0 Å². The lowest BCUT2D eigenvalue weighted by Crippen LogP contribution is -2.46. The molecular weight excluding hydrogens is 438 g/mol. The summed E-state index contributed by atoms with van der Waals surface area (Å²) in [6, 6.07) is 20.2. The molecule has 1 atom stereocenters. The fraction of sp³-hybridized carbons (Fsp3) is 0.429. The minimum Gasteiger partial charge on any atom is -0.464 e. The second kappa shape index (κ2) is 11.8. The summed E-state index contributed by atoms with van der Waals surface area (Å²) < 4.78 is 5.58. The van der Waals surface area contributed by atoms with Gasteiger partial charge >= 0.3 is 5.97 Å². The number of aromatic nitrogens is 2. The third kappa shape index (κ3) is 5.95. The van der Waals surface area contributed by atoms with Gasteiger partial charge in [-0.15, -0.1) is 0 Å². The first-order valence-electron chi connectivity index (χ1n) is 12.5. The molecule has 0 aliphatic carbocycles.